The van der Waals surface area contributed by atoms with Gasteiger partial charge < -0.3 is 5.73 Å². The van der Waals surface area contributed by atoms with Crippen LogP contribution in [-0.4, -0.2) is 14.8 Å². The number of anilines is 1. The zero-order valence-corrected chi connectivity index (χ0v) is 8.27. The van der Waals surface area contributed by atoms with Crippen molar-refractivity contribution in [3.05, 3.63) is 35.3 Å². The molecule has 13 heavy (non-hydrogen) atoms. The number of pyridine rings is 1. The second-order valence-electron chi connectivity index (χ2n) is 2.50. The van der Waals surface area contributed by atoms with Crippen LogP contribution in [0.3, 0.4) is 0 Å². The van der Waals surface area contributed by atoms with Gasteiger partial charge in [-0.3, -0.25) is 4.98 Å². The molecule has 0 aliphatic heterocycles. The highest BCUT2D eigenvalue weighted by molar-refractivity contribution is 9.10. The van der Waals surface area contributed by atoms with E-state index in [4.69, 9.17) is 5.73 Å². The second-order valence-corrected chi connectivity index (χ2v) is 3.36. The minimum atomic E-state index is 0.638. The maximum absolute atomic E-state index is 5.83. The molecule has 2 aromatic heterocycles. The van der Waals surface area contributed by atoms with Crippen LogP contribution in [0, 0.1) is 0 Å². The molecule has 0 unspecified atom stereocenters. The van der Waals surface area contributed by atoms with Crippen molar-refractivity contribution in [2.45, 2.75) is 0 Å². The van der Waals surface area contributed by atoms with Crippen LogP contribution in [0.1, 0.15) is 0 Å². The first kappa shape index (κ1) is 8.25. The van der Waals surface area contributed by atoms with E-state index in [0.717, 1.165) is 10.2 Å². The molecule has 0 aliphatic carbocycles. The Kier molecular flexibility index (Phi) is 2.02. The molecule has 2 aromatic rings. The van der Waals surface area contributed by atoms with E-state index in [2.05, 4.69) is 26.0 Å². The normalized spacial score (nSPS) is 10.2. The molecule has 4 nitrogen and oxygen atoms in total. The van der Waals surface area contributed by atoms with Gasteiger partial charge in [-0.15, -0.1) is 0 Å². The Labute approximate surface area is 83.5 Å². The van der Waals surface area contributed by atoms with Crippen molar-refractivity contribution >= 4 is 21.6 Å². The van der Waals surface area contributed by atoms with Crippen molar-refractivity contribution in [1.82, 2.24) is 14.8 Å². The van der Waals surface area contributed by atoms with Crippen LogP contribution in [0.25, 0.3) is 5.69 Å². The summed E-state index contributed by atoms with van der Waals surface area (Å²) in [7, 11) is 0. The molecule has 66 valence electrons. The highest BCUT2D eigenvalue weighted by atomic mass is 79.9. The predicted octanol–water partition coefficient (Wildman–Crippen LogP) is 1.61. The second kappa shape index (κ2) is 3.18. The van der Waals surface area contributed by atoms with E-state index in [1.807, 2.05) is 12.3 Å². The number of hydrogen-bond donors (Lipinski definition) is 1. The smallest absolute Gasteiger partial charge is 0.107 e. The number of nitrogens with zero attached hydrogens (tertiary/aromatic N) is 3. The number of nitrogen functional groups attached to an aromatic ring is 1. The van der Waals surface area contributed by atoms with Gasteiger partial charge in [-0.25, -0.2) is 4.68 Å². The molecule has 0 fully saturated rings. The number of hydrogen-bond acceptors (Lipinski definition) is 3. The quantitative estimate of drug-likeness (QED) is 0.822. The Hall–Kier alpha value is -1.36. The van der Waals surface area contributed by atoms with Gasteiger partial charge in [0.1, 0.15) is 5.69 Å². The number of rotatable bonds is 1. The molecule has 0 saturated heterocycles. The Bertz CT molecular complexity index is 410. The fraction of sp³-hybridized carbons (Fsp3) is 0. The fourth-order valence-electron chi connectivity index (χ4n) is 1.03. The van der Waals surface area contributed by atoms with E-state index >= 15 is 0 Å². The van der Waals surface area contributed by atoms with Crippen LogP contribution in [0.4, 0.5) is 5.69 Å². The highest BCUT2D eigenvalue weighted by Gasteiger charge is 2.04. The lowest BCUT2D eigenvalue weighted by molar-refractivity contribution is 0.875. The van der Waals surface area contributed by atoms with Crippen molar-refractivity contribution < 1.29 is 0 Å². The van der Waals surface area contributed by atoms with E-state index in [0.29, 0.717) is 5.69 Å². The van der Waals surface area contributed by atoms with Crippen molar-refractivity contribution in [2.75, 3.05) is 5.73 Å². The average Bonchev–Trinajstić information content (AvgIpc) is 2.62. The van der Waals surface area contributed by atoms with Crippen LogP contribution in [0.2, 0.25) is 0 Å². The molecule has 2 N–H and O–H groups in total. The Balaban J connectivity index is 2.59. The minimum absolute atomic E-state index is 0.638. The Morgan fingerprint density at radius 1 is 1.38 bits per heavy atom. The third-order valence-corrected chi connectivity index (χ3v) is 2.30. The van der Waals surface area contributed by atoms with Crippen LogP contribution in [0.5, 0.6) is 0 Å². The van der Waals surface area contributed by atoms with Crippen LogP contribution in [0.15, 0.2) is 35.3 Å². The predicted molar refractivity (Wildman–Crippen MR) is 53.5 cm³/mol. The van der Waals surface area contributed by atoms with E-state index in [9.17, 15) is 0 Å². The summed E-state index contributed by atoms with van der Waals surface area (Å²) in [6.07, 6.45) is 6.84. The molecule has 0 radical (unpaired) electrons. The zero-order chi connectivity index (χ0) is 9.26. The van der Waals surface area contributed by atoms with Crippen molar-refractivity contribution in [3.63, 3.8) is 0 Å². The summed E-state index contributed by atoms with van der Waals surface area (Å²) in [4.78, 5) is 4.01. The molecule has 0 bridgehead atoms. The van der Waals surface area contributed by atoms with Gasteiger partial charge in [0.25, 0.3) is 0 Å². The molecular weight excluding hydrogens is 232 g/mol. The lowest BCUT2D eigenvalue weighted by atomic mass is 10.3. The van der Waals surface area contributed by atoms with Crippen LogP contribution in [-0.2, 0) is 0 Å². The van der Waals surface area contributed by atoms with Crippen molar-refractivity contribution in [2.24, 2.45) is 0 Å². The molecule has 2 rings (SSSR count). The summed E-state index contributed by atoms with van der Waals surface area (Å²) < 4.78 is 2.45. The van der Waals surface area contributed by atoms with Crippen molar-refractivity contribution in [3.8, 4) is 5.69 Å². The summed E-state index contributed by atoms with van der Waals surface area (Å²) >= 11 is 3.30. The van der Waals surface area contributed by atoms with Gasteiger partial charge in [0, 0.05) is 18.6 Å². The maximum atomic E-state index is 5.83. The molecule has 0 aliphatic rings. The lowest BCUT2D eigenvalue weighted by Crippen LogP contribution is -2.01. The standard InChI is InChI=1S/C8H7BrN4/c9-6-4-11-5-7(8(6)10)13-3-1-2-12-13/h1-5H,(H2,10,11). The molecule has 0 spiro atoms. The number of nitrogens with two attached hydrogens (primary N) is 1. The van der Waals surface area contributed by atoms with Gasteiger partial charge >= 0.3 is 0 Å². The first-order valence-electron chi connectivity index (χ1n) is 3.68. The first-order chi connectivity index (χ1) is 6.29. The van der Waals surface area contributed by atoms with Gasteiger partial charge in [0.05, 0.1) is 16.4 Å². The molecule has 0 atom stereocenters. The van der Waals surface area contributed by atoms with E-state index < -0.39 is 0 Å². The molecule has 0 amide bonds. The van der Waals surface area contributed by atoms with Gasteiger partial charge in [0.2, 0.25) is 0 Å². The molecule has 0 aromatic carbocycles. The van der Waals surface area contributed by atoms with Crippen molar-refractivity contribution in [1.29, 1.82) is 0 Å². The largest absolute Gasteiger partial charge is 0.396 e. The number of halogens is 1. The monoisotopic (exact) mass is 238 g/mol. The third-order valence-electron chi connectivity index (χ3n) is 1.67. The Morgan fingerprint density at radius 3 is 2.92 bits per heavy atom. The highest BCUT2D eigenvalue weighted by Crippen LogP contribution is 2.23. The Morgan fingerprint density at radius 2 is 2.23 bits per heavy atom. The third kappa shape index (κ3) is 1.42. The average molecular weight is 239 g/mol. The zero-order valence-electron chi connectivity index (χ0n) is 6.68. The summed E-state index contributed by atoms with van der Waals surface area (Å²) in [5.74, 6) is 0. The molecular formula is C8H7BrN4. The summed E-state index contributed by atoms with van der Waals surface area (Å²) in [5, 5.41) is 4.06. The maximum Gasteiger partial charge on any atom is 0.107 e. The molecule has 0 saturated carbocycles. The summed E-state index contributed by atoms with van der Waals surface area (Å²) in [5.41, 5.74) is 7.24. The summed E-state index contributed by atoms with van der Waals surface area (Å²) in [6, 6.07) is 1.83. The summed E-state index contributed by atoms with van der Waals surface area (Å²) in [6.45, 7) is 0. The lowest BCUT2D eigenvalue weighted by Gasteiger charge is -2.05. The fourth-order valence-corrected chi connectivity index (χ4v) is 1.35. The van der Waals surface area contributed by atoms with E-state index in [1.165, 1.54) is 0 Å². The van der Waals surface area contributed by atoms with E-state index in [1.54, 1.807) is 23.3 Å². The van der Waals surface area contributed by atoms with Crippen LogP contribution < -0.4 is 5.73 Å². The van der Waals surface area contributed by atoms with Gasteiger partial charge in [-0.1, -0.05) is 0 Å². The van der Waals surface area contributed by atoms with Gasteiger partial charge in [-0.2, -0.15) is 5.10 Å². The molecule has 5 heteroatoms. The van der Waals surface area contributed by atoms with E-state index in [-0.39, 0.29) is 0 Å². The minimum Gasteiger partial charge on any atom is -0.396 e. The van der Waals surface area contributed by atoms with Crippen LogP contribution >= 0.6 is 15.9 Å². The van der Waals surface area contributed by atoms with Gasteiger partial charge in [0.15, 0.2) is 0 Å². The SMILES string of the molecule is Nc1c(Br)cncc1-n1cccn1. The number of aromatic nitrogens is 3. The topological polar surface area (TPSA) is 56.7 Å². The first-order valence-corrected chi connectivity index (χ1v) is 4.47. The molecule has 2 heterocycles. The van der Waals surface area contributed by atoms with Gasteiger partial charge in [-0.05, 0) is 22.0 Å².